The zero-order valence-corrected chi connectivity index (χ0v) is 26.0. The lowest BCUT2D eigenvalue weighted by atomic mass is 10.1. The van der Waals surface area contributed by atoms with Crippen molar-refractivity contribution in [3.63, 3.8) is 0 Å². The molecule has 0 aliphatic carbocycles. The van der Waals surface area contributed by atoms with E-state index in [4.69, 9.17) is 0 Å². The normalized spacial score (nSPS) is 13.5. The zero-order valence-electron chi connectivity index (χ0n) is 26.0. The third kappa shape index (κ3) is 7.84. The van der Waals surface area contributed by atoms with Crippen molar-refractivity contribution in [2.45, 2.75) is 13.1 Å². The van der Waals surface area contributed by atoms with Crippen LogP contribution in [0.25, 0.3) is 0 Å². The molecule has 0 saturated carbocycles. The maximum absolute atomic E-state index is 13.8. The standard InChI is InChI=1S/C33H33F3N8O3/c1-22-12-13-25(39-30(45)23-8-7-9-24(18-23)33(34,35)36)19-27(22)40-31(46)42(3)28-20-29(38-21-37-28)44(26-10-5-4-6-11-26)32(47)43-16-14-41(2)15-17-43/h4-13,18-21H,14-17H2,1-3H3,(H,39,45)(H,40,46). The third-order valence-electron chi connectivity index (χ3n) is 7.68. The summed E-state index contributed by atoms with van der Waals surface area (Å²) in [6.45, 7) is 4.33. The van der Waals surface area contributed by atoms with Gasteiger partial charge in [0.1, 0.15) is 18.0 Å². The van der Waals surface area contributed by atoms with Gasteiger partial charge in [0.25, 0.3) is 5.91 Å². The highest BCUT2D eigenvalue weighted by molar-refractivity contribution is 6.06. The van der Waals surface area contributed by atoms with E-state index in [1.165, 1.54) is 35.3 Å². The molecule has 2 N–H and O–H groups in total. The first-order valence-corrected chi connectivity index (χ1v) is 14.7. The van der Waals surface area contributed by atoms with Crippen LogP contribution in [0, 0.1) is 6.92 Å². The number of anilines is 5. The number of rotatable bonds is 6. The summed E-state index contributed by atoms with van der Waals surface area (Å²) in [5.41, 5.74) is 0.790. The second-order valence-corrected chi connectivity index (χ2v) is 11.0. The van der Waals surface area contributed by atoms with E-state index in [0.717, 1.165) is 31.3 Å². The number of aromatic nitrogens is 2. The number of nitrogens with one attached hydrogen (secondary N) is 2. The molecule has 11 nitrogen and oxygen atoms in total. The van der Waals surface area contributed by atoms with Crippen molar-refractivity contribution in [2.75, 3.05) is 60.7 Å². The van der Waals surface area contributed by atoms with Gasteiger partial charge >= 0.3 is 18.2 Å². The highest BCUT2D eigenvalue weighted by Crippen LogP contribution is 2.31. The van der Waals surface area contributed by atoms with Crippen molar-refractivity contribution in [3.05, 3.63) is 102 Å². The molecule has 5 amide bonds. The number of carbonyl (C=O) groups is 3. The van der Waals surface area contributed by atoms with Gasteiger partial charge < -0.3 is 20.4 Å². The average molecular weight is 647 g/mol. The van der Waals surface area contributed by atoms with E-state index in [2.05, 4.69) is 25.5 Å². The minimum atomic E-state index is -4.59. The molecule has 244 valence electrons. The summed E-state index contributed by atoms with van der Waals surface area (Å²) in [6, 6.07) is 18.6. The predicted octanol–water partition coefficient (Wildman–Crippen LogP) is 6.23. The predicted molar refractivity (Wildman–Crippen MR) is 173 cm³/mol. The Morgan fingerprint density at radius 1 is 0.830 bits per heavy atom. The van der Waals surface area contributed by atoms with E-state index in [1.807, 2.05) is 25.2 Å². The van der Waals surface area contributed by atoms with Crippen LogP contribution >= 0.6 is 0 Å². The summed E-state index contributed by atoms with van der Waals surface area (Å²) in [4.78, 5) is 55.1. The number of nitrogens with zero attached hydrogens (tertiary/aromatic N) is 6. The van der Waals surface area contributed by atoms with E-state index in [1.54, 1.807) is 42.2 Å². The molecular formula is C33H33F3N8O3. The quantitative estimate of drug-likeness (QED) is 0.257. The number of hydrogen-bond donors (Lipinski definition) is 2. The van der Waals surface area contributed by atoms with E-state index < -0.39 is 23.7 Å². The van der Waals surface area contributed by atoms with Gasteiger partial charge in [0.15, 0.2) is 0 Å². The molecule has 3 aromatic carbocycles. The SMILES string of the molecule is Cc1ccc(NC(=O)c2cccc(C(F)(F)F)c2)cc1NC(=O)N(C)c1cc(N(C(=O)N2CCN(C)CC2)c2ccccc2)ncn1. The lowest BCUT2D eigenvalue weighted by Gasteiger charge is -2.35. The van der Waals surface area contributed by atoms with Gasteiger partial charge in [-0.25, -0.2) is 24.5 Å². The Labute approximate surface area is 269 Å². The first-order valence-electron chi connectivity index (χ1n) is 14.7. The fraction of sp³-hybridized carbons (Fsp3) is 0.242. The molecular weight excluding hydrogens is 613 g/mol. The number of alkyl halides is 3. The fourth-order valence-electron chi connectivity index (χ4n) is 4.88. The highest BCUT2D eigenvalue weighted by Gasteiger charge is 2.31. The molecule has 1 aliphatic rings. The van der Waals surface area contributed by atoms with Crippen LogP contribution in [-0.2, 0) is 6.18 Å². The maximum Gasteiger partial charge on any atom is 0.416 e. The fourth-order valence-corrected chi connectivity index (χ4v) is 4.88. The van der Waals surface area contributed by atoms with Gasteiger partial charge in [-0.15, -0.1) is 0 Å². The van der Waals surface area contributed by atoms with E-state index in [-0.39, 0.29) is 28.9 Å². The first-order chi connectivity index (χ1) is 22.4. The lowest BCUT2D eigenvalue weighted by Crippen LogP contribution is -2.51. The minimum absolute atomic E-state index is 0.166. The van der Waals surface area contributed by atoms with Crippen LogP contribution in [0.3, 0.4) is 0 Å². The van der Waals surface area contributed by atoms with Gasteiger partial charge in [-0.1, -0.05) is 30.3 Å². The number of aryl methyl sites for hydroxylation is 1. The van der Waals surface area contributed by atoms with Crippen LogP contribution in [0.1, 0.15) is 21.5 Å². The molecule has 1 saturated heterocycles. The van der Waals surface area contributed by atoms with Crippen molar-refractivity contribution in [1.29, 1.82) is 0 Å². The van der Waals surface area contributed by atoms with Crippen LogP contribution in [0.5, 0.6) is 0 Å². The number of likely N-dealkylation sites (N-methyl/N-ethyl adjacent to an activating group) is 1. The second-order valence-electron chi connectivity index (χ2n) is 11.0. The van der Waals surface area contributed by atoms with E-state index in [0.29, 0.717) is 30.0 Å². The van der Waals surface area contributed by atoms with Crippen LogP contribution in [0.4, 0.5) is 51.5 Å². The van der Waals surface area contributed by atoms with Crippen LogP contribution in [0.2, 0.25) is 0 Å². The number of carbonyl (C=O) groups excluding carboxylic acids is 3. The number of hydrogen-bond acceptors (Lipinski definition) is 6. The summed E-state index contributed by atoms with van der Waals surface area (Å²) < 4.78 is 39.4. The van der Waals surface area contributed by atoms with Crippen LogP contribution < -0.4 is 20.4 Å². The Balaban J connectivity index is 1.33. The van der Waals surface area contributed by atoms with Crippen LogP contribution in [-0.4, -0.2) is 78.0 Å². The second kappa shape index (κ2) is 13.9. The molecule has 0 bridgehead atoms. The number of para-hydroxylation sites is 1. The monoisotopic (exact) mass is 646 g/mol. The van der Waals surface area contributed by atoms with Crippen molar-refractivity contribution in [3.8, 4) is 0 Å². The van der Waals surface area contributed by atoms with E-state index in [9.17, 15) is 27.6 Å². The van der Waals surface area contributed by atoms with Crippen molar-refractivity contribution < 1.29 is 27.6 Å². The summed E-state index contributed by atoms with van der Waals surface area (Å²) in [5, 5.41) is 5.36. The molecule has 14 heteroatoms. The molecule has 0 radical (unpaired) electrons. The largest absolute Gasteiger partial charge is 0.416 e. The molecule has 1 fully saturated rings. The zero-order chi connectivity index (χ0) is 33.7. The Bertz CT molecular complexity index is 1760. The molecule has 4 aromatic rings. The molecule has 0 atom stereocenters. The van der Waals surface area contributed by atoms with Crippen molar-refractivity contribution >= 4 is 46.7 Å². The minimum Gasteiger partial charge on any atom is -0.322 e. The molecule has 1 aromatic heterocycles. The summed E-state index contributed by atoms with van der Waals surface area (Å²) in [5.74, 6) is -0.247. The lowest BCUT2D eigenvalue weighted by molar-refractivity contribution is -0.137. The van der Waals surface area contributed by atoms with Gasteiger partial charge in [0.2, 0.25) is 0 Å². The molecule has 0 spiro atoms. The molecule has 0 unspecified atom stereocenters. The Morgan fingerprint density at radius 3 is 2.23 bits per heavy atom. The van der Waals surface area contributed by atoms with Gasteiger partial charge in [0.05, 0.1) is 11.3 Å². The Morgan fingerprint density at radius 2 is 1.53 bits per heavy atom. The van der Waals surface area contributed by atoms with Gasteiger partial charge in [-0.3, -0.25) is 9.69 Å². The summed E-state index contributed by atoms with van der Waals surface area (Å²) in [7, 11) is 3.51. The van der Waals surface area contributed by atoms with Gasteiger partial charge in [-0.05, 0) is 62.0 Å². The Kier molecular flexibility index (Phi) is 9.70. The highest BCUT2D eigenvalue weighted by atomic mass is 19.4. The average Bonchev–Trinajstić information content (AvgIpc) is 3.06. The van der Waals surface area contributed by atoms with Crippen molar-refractivity contribution in [1.82, 2.24) is 19.8 Å². The molecule has 47 heavy (non-hydrogen) atoms. The summed E-state index contributed by atoms with van der Waals surface area (Å²) >= 11 is 0. The number of amides is 5. The maximum atomic E-state index is 13.8. The molecule has 2 heterocycles. The number of halogens is 3. The smallest absolute Gasteiger partial charge is 0.322 e. The van der Waals surface area contributed by atoms with Gasteiger partial charge in [0, 0.05) is 56.2 Å². The topological polar surface area (TPSA) is 114 Å². The first kappa shape index (κ1) is 32.9. The summed E-state index contributed by atoms with van der Waals surface area (Å²) in [6.07, 6.45) is -3.31. The number of piperazine rings is 1. The molecule has 5 rings (SSSR count). The number of urea groups is 2. The van der Waals surface area contributed by atoms with Crippen molar-refractivity contribution in [2.24, 2.45) is 0 Å². The van der Waals surface area contributed by atoms with Crippen LogP contribution in [0.15, 0.2) is 85.2 Å². The Hall–Kier alpha value is -5.50. The van der Waals surface area contributed by atoms with Gasteiger partial charge in [-0.2, -0.15) is 13.2 Å². The third-order valence-corrected chi connectivity index (χ3v) is 7.68. The number of benzene rings is 3. The van der Waals surface area contributed by atoms with E-state index >= 15 is 0 Å². The molecule has 1 aliphatic heterocycles.